The van der Waals surface area contributed by atoms with Crippen molar-refractivity contribution < 1.29 is 18.7 Å². The van der Waals surface area contributed by atoms with Crippen LogP contribution < -0.4 is 9.47 Å². The number of benzene rings is 1. The van der Waals surface area contributed by atoms with Crippen LogP contribution in [0.4, 0.5) is 4.39 Å². The lowest BCUT2D eigenvalue weighted by atomic mass is 10.3. The number of ether oxygens (including phenoxy) is 2. The van der Waals surface area contributed by atoms with Gasteiger partial charge in [-0.1, -0.05) is 28.4 Å². The molecule has 0 saturated heterocycles. The van der Waals surface area contributed by atoms with Crippen LogP contribution in [0.5, 0.6) is 11.5 Å². The zero-order valence-electron chi connectivity index (χ0n) is 12.0. The molecule has 0 spiro atoms. The van der Waals surface area contributed by atoms with Gasteiger partial charge in [0.2, 0.25) is 0 Å². The molecule has 0 unspecified atom stereocenters. The molecule has 0 aliphatic heterocycles. The SMILES string of the molecule is CC(C)=NOCCOc1c(F)cc(OC/C=C(\Cl)Br)cc1Cl. The maximum Gasteiger partial charge on any atom is 0.173 e. The maximum absolute atomic E-state index is 13.9. The molecule has 0 fully saturated rings. The van der Waals surface area contributed by atoms with Crippen molar-refractivity contribution in [2.75, 3.05) is 19.8 Å². The fraction of sp³-hybridized carbons (Fsp3) is 0.357. The zero-order chi connectivity index (χ0) is 16.5. The van der Waals surface area contributed by atoms with Crippen LogP contribution in [0, 0.1) is 5.82 Å². The van der Waals surface area contributed by atoms with E-state index in [1.807, 2.05) is 0 Å². The molecule has 0 radical (unpaired) electrons. The molecule has 0 aromatic heterocycles. The molecule has 0 saturated carbocycles. The molecule has 1 rings (SSSR count). The highest BCUT2D eigenvalue weighted by Gasteiger charge is 2.12. The average molecular weight is 415 g/mol. The summed E-state index contributed by atoms with van der Waals surface area (Å²) in [6.45, 7) is 4.09. The predicted molar refractivity (Wildman–Crippen MR) is 90.0 cm³/mol. The molecule has 4 nitrogen and oxygen atoms in total. The van der Waals surface area contributed by atoms with Crippen molar-refractivity contribution >= 4 is 44.8 Å². The van der Waals surface area contributed by atoms with E-state index in [4.69, 9.17) is 37.5 Å². The summed E-state index contributed by atoms with van der Waals surface area (Å²) in [5.41, 5.74) is 0.781. The number of nitrogens with zero attached hydrogens (tertiary/aromatic N) is 1. The van der Waals surface area contributed by atoms with Crippen molar-refractivity contribution in [3.8, 4) is 11.5 Å². The number of rotatable bonds is 8. The number of halogens is 4. The predicted octanol–water partition coefficient (Wildman–Crippen LogP) is 5.12. The average Bonchev–Trinajstić information content (AvgIpc) is 2.40. The minimum absolute atomic E-state index is 0.0520. The Balaban J connectivity index is 2.58. The first-order valence-electron chi connectivity index (χ1n) is 6.29. The Morgan fingerprint density at radius 2 is 2.05 bits per heavy atom. The molecular weight excluding hydrogens is 400 g/mol. The van der Waals surface area contributed by atoms with E-state index in [1.165, 1.54) is 12.1 Å². The molecule has 8 heteroatoms. The highest BCUT2D eigenvalue weighted by atomic mass is 79.9. The second kappa shape index (κ2) is 9.92. The van der Waals surface area contributed by atoms with Crippen LogP contribution in [-0.2, 0) is 4.84 Å². The van der Waals surface area contributed by atoms with E-state index in [0.717, 1.165) is 5.71 Å². The smallest absolute Gasteiger partial charge is 0.173 e. The summed E-state index contributed by atoms with van der Waals surface area (Å²) in [4.78, 5) is 4.95. The first-order valence-corrected chi connectivity index (χ1v) is 7.84. The fourth-order valence-electron chi connectivity index (χ4n) is 1.31. The maximum atomic E-state index is 13.9. The van der Waals surface area contributed by atoms with E-state index in [0.29, 0.717) is 3.94 Å². The van der Waals surface area contributed by atoms with E-state index in [2.05, 4.69) is 21.1 Å². The second-order valence-corrected chi connectivity index (χ2v) is 6.37. The Morgan fingerprint density at radius 1 is 1.32 bits per heavy atom. The summed E-state index contributed by atoms with van der Waals surface area (Å²) in [7, 11) is 0. The highest BCUT2D eigenvalue weighted by Crippen LogP contribution is 2.32. The summed E-state index contributed by atoms with van der Waals surface area (Å²) in [5, 5.41) is 3.84. The third-order valence-electron chi connectivity index (χ3n) is 2.13. The molecule has 122 valence electrons. The van der Waals surface area contributed by atoms with Gasteiger partial charge in [0.1, 0.15) is 19.0 Å². The van der Waals surface area contributed by atoms with Crippen LogP contribution >= 0.6 is 39.1 Å². The summed E-state index contributed by atoms with van der Waals surface area (Å²) < 4.78 is 24.9. The first-order chi connectivity index (χ1) is 10.4. The Labute approximate surface area is 146 Å². The summed E-state index contributed by atoms with van der Waals surface area (Å²) in [6.07, 6.45) is 1.57. The fourth-order valence-corrected chi connectivity index (χ4v) is 1.76. The lowest BCUT2D eigenvalue weighted by molar-refractivity contribution is 0.105. The standard InChI is InChI=1S/C14H15BrCl2FNO3/c1-9(2)19-22-6-5-21-14-11(16)7-10(8-12(14)18)20-4-3-13(15)17/h3,7-8H,4-6H2,1-2H3/b13-3-. The minimum atomic E-state index is -0.619. The number of hydrogen-bond donors (Lipinski definition) is 0. The zero-order valence-corrected chi connectivity index (χ0v) is 15.1. The van der Waals surface area contributed by atoms with Gasteiger partial charge in [-0.05, 0) is 35.9 Å². The topological polar surface area (TPSA) is 40.0 Å². The molecule has 0 bridgehead atoms. The molecule has 0 N–H and O–H groups in total. The van der Waals surface area contributed by atoms with Gasteiger partial charge in [-0.15, -0.1) is 0 Å². The van der Waals surface area contributed by atoms with Crippen LogP contribution in [0.15, 0.2) is 27.3 Å². The van der Waals surface area contributed by atoms with Gasteiger partial charge >= 0.3 is 0 Å². The third-order valence-corrected chi connectivity index (χ3v) is 2.89. The molecule has 0 atom stereocenters. The van der Waals surface area contributed by atoms with Crippen molar-refractivity contribution in [1.29, 1.82) is 0 Å². The van der Waals surface area contributed by atoms with Gasteiger partial charge in [-0.2, -0.15) is 0 Å². The Bertz CT molecular complexity index is 536. The van der Waals surface area contributed by atoms with E-state index >= 15 is 0 Å². The largest absolute Gasteiger partial charge is 0.489 e. The van der Waals surface area contributed by atoms with Gasteiger partial charge in [-0.3, -0.25) is 0 Å². The number of hydrogen-bond acceptors (Lipinski definition) is 4. The lowest BCUT2D eigenvalue weighted by Gasteiger charge is -2.11. The van der Waals surface area contributed by atoms with Gasteiger partial charge in [-0.25, -0.2) is 4.39 Å². The number of oxime groups is 1. The van der Waals surface area contributed by atoms with Gasteiger partial charge < -0.3 is 14.3 Å². The van der Waals surface area contributed by atoms with Crippen LogP contribution in [0.2, 0.25) is 5.02 Å². The highest BCUT2D eigenvalue weighted by molar-refractivity contribution is 9.12. The normalized spacial score (nSPS) is 11.1. The van der Waals surface area contributed by atoms with Crippen LogP contribution in [0.3, 0.4) is 0 Å². The molecule has 22 heavy (non-hydrogen) atoms. The van der Waals surface area contributed by atoms with Gasteiger partial charge in [0.25, 0.3) is 0 Å². The minimum Gasteiger partial charge on any atom is -0.489 e. The van der Waals surface area contributed by atoms with Gasteiger partial charge in [0.15, 0.2) is 18.2 Å². The van der Waals surface area contributed by atoms with E-state index < -0.39 is 5.82 Å². The molecule has 0 aliphatic carbocycles. The van der Waals surface area contributed by atoms with E-state index in [9.17, 15) is 4.39 Å². The Morgan fingerprint density at radius 3 is 2.64 bits per heavy atom. The summed E-state index contributed by atoms with van der Waals surface area (Å²) >= 11 is 14.6. The molecule has 1 aromatic rings. The first kappa shape index (κ1) is 19.1. The summed E-state index contributed by atoms with van der Waals surface area (Å²) in [6, 6.07) is 2.65. The van der Waals surface area contributed by atoms with Crippen molar-refractivity contribution in [3.05, 3.63) is 33.0 Å². The molecule has 0 aliphatic rings. The summed E-state index contributed by atoms with van der Waals surface area (Å²) in [5.74, 6) is -0.394. The van der Waals surface area contributed by atoms with Crippen molar-refractivity contribution in [2.24, 2.45) is 5.16 Å². The van der Waals surface area contributed by atoms with Crippen LogP contribution in [0.1, 0.15) is 13.8 Å². The third kappa shape index (κ3) is 7.33. The molecular formula is C14H15BrCl2FNO3. The van der Waals surface area contributed by atoms with Gasteiger partial charge in [0, 0.05) is 12.1 Å². The van der Waals surface area contributed by atoms with Crippen molar-refractivity contribution in [1.82, 2.24) is 0 Å². The molecule has 0 heterocycles. The Kier molecular flexibility index (Phi) is 8.60. The van der Waals surface area contributed by atoms with E-state index in [1.54, 1.807) is 19.9 Å². The van der Waals surface area contributed by atoms with Crippen molar-refractivity contribution in [3.63, 3.8) is 0 Å². The van der Waals surface area contributed by atoms with Crippen LogP contribution in [-0.4, -0.2) is 25.5 Å². The monoisotopic (exact) mass is 413 g/mol. The van der Waals surface area contributed by atoms with Crippen LogP contribution in [0.25, 0.3) is 0 Å². The van der Waals surface area contributed by atoms with Crippen molar-refractivity contribution in [2.45, 2.75) is 13.8 Å². The lowest BCUT2D eigenvalue weighted by Crippen LogP contribution is -2.06. The second-order valence-electron chi connectivity index (χ2n) is 4.24. The van der Waals surface area contributed by atoms with Gasteiger partial charge in [0.05, 0.1) is 14.7 Å². The molecule has 0 amide bonds. The molecule has 1 aromatic carbocycles. The van der Waals surface area contributed by atoms with E-state index in [-0.39, 0.29) is 36.3 Å². The Hall–Kier alpha value is -0.980. The quantitative estimate of drug-likeness (QED) is 0.336.